The summed E-state index contributed by atoms with van der Waals surface area (Å²) in [6.45, 7) is 4.03. The molecule has 0 aromatic heterocycles. The van der Waals surface area contributed by atoms with Crippen molar-refractivity contribution in [3.8, 4) is 0 Å². The average Bonchev–Trinajstić information content (AvgIpc) is 2.18. The molecule has 1 atom stereocenters. The second-order valence-corrected chi connectivity index (χ2v) is 3.43. The number of carboxylic acid groups (broad SMARTS) is 1. The van der Waals surface area contributed by atoms with Gasteiger partial charge in [-0.2, -0.15) is 0 Å². The molecule has 1 amide bonds. The Morgan fingerprint density at radius 1 is 1.50 bits per heavy atom. The van der Waals surface area contributed by atoms with Crippen molar-refractivity contribution in [3.63, 3.8) is 0 Å². The van der Waals surface area contributed by atoms with Crippen molar-refractivity contribution in [1.82, 2.24) is 4.90 Å². The first-order chi connectivity index (χ1) is 6.66. The van der Waals surface area contributed by atoms with E-state index in [1.54, 1.807) is 0 Å². The fourth-order valence-electron chi connectivity index (χ4n) is 1.73. The normalized spacial score (nSPS) is 21.7. The molecule has 0 saturated carbocycles. The third-order valence-electron chi connectivity index (χ3n) is 2.43. The van der Waals surface area contributed by atoms with E-state index in [9.17, 15) is 9.59 Å². The summed E-state index contributed by atoms with van der Waals surface area (Å²) in [6.07, 6.45) is 4.08. The van der Waals surface area contributed by atoms with E-state index in [0.29, 0.717) is 13.0 Å². The number of amides is 1. The Hall–Kier alpha value is -1.32. The third kappa shape index (κ3) is 2.34. The molecule has 14 heavy (non-hydrogen) atoms. The minimum Gasteiger partial charge on any atom is -0.480 e. The van der Waals surface area contributed by atoms with Crippen molar-refractivity contribution in [2.45, 2.75) is 31.7 Å². The van der Waals surface area contributed by atoms with Gasteiger partial charge in [-0.1, -0.05) is 6.08 Å². The maximum Gasteiger partial charge on any atom is 0.326 e. The van der Waals surface area contributed by atoms with Gasteiger partial charge < -0.3 is 10.0 Å². The van der Waals surface area contributed by atoms with Crippen molar-refractivity contribution in [1.29, 1.82) is 0 Å². The molecule has 4 nitrogen and oxygen atoms in total. The molecule has 4 heteroatoms. The van der Waals surface area contributed by atoms with Crippen LogP contribution in [0.15, 0.2) is 12.7 Å². The van der Waals surface area contributed by atoms with Crippen LogP contribution in [0.1, 0.15) is 25.7 Å². The van der Waals surface area contributed by atoms with Gasteiger partial charge in [0.2, 0.25) is 5.91 Å². The van der Waals surface area contributed by atoms with Gasteiger partial charge in [-0.15, -0.1) is 6.58 Å². The van der Waals surface area contributed by atoms with Crippen LogP contribution in [0.4, 0.5) is 0 Å². The number of carbonyl (C=O) groups is 2. The summed E-state index contributed by atoms with van der Waals surface area (Å²) in [4.78, 5) is 23.8. The van der Waals surface area contributed by atoms with Gasteiger partial charge in [-0.3, -0.25) is 4.79 Å². The largest absolute Gasteiger partial charge is 0.480 e. The number of likely N-dealkylation sites (tertiary alicyclic amines) is 1. The van der Waals surface area contributed by atoms with Crippen LogP contribution in [0.2, 0.25) is 0 Å². The molecule has 78 valence electrons. The van der Waals surface area contributed by atoms with Gasteiger partial charge in [0, 0.05) is 13.0 Å². The molecule has 1 saturated heterocycles. The molecule has 0 aromatic carbocycles. The highest BCUT2D eigenvalue weighted by atomic mass is 16.4. The lowest BCUT2D eigenvalue weighted by Gasteiger charge is -2.32. The predicted molar refractivity (Wildman–Crippen MR) is 51.8 cm³/mol. The van der Waals surface area contributed by atoms with Crippen LogP contribution in [0.25, 0.3) is 0 Å². The van der Waals surface area contributed by atoms with Gasteiger partial charge in [-0.05, 0) is 19.3 Å². The molecular formula is C10H15NO3. The summed E-state index contributed by atoms with van der Waals surface area (Å²) in [5.74, 6) is -1.03. The van der Waals surface area contributed by atoms with E-state index in [4.69, 9.17) is 5.11 Å². The van der Waals surface area contributed by atoms with Gasteiger partial charge in [0.15, 0.2) is 0 Å². The third-order valence-corrected chi connectivity index (χ3v) is 2.43. The maximum atomic E-state index is 11.5. The van der Waals surface area contributed by atoms with Crippen molar-refractivity contribution in [3.05, 3.63) is 12.7 Å². The van der Waals surface area contributed by atoms with E-state index < -0.39 is 12.0 Å². The van der Waals surface area contributed by atoms with E-state index in [1.165, 1.54) is 11.0 Å². The Labute approximate surface area is 83.2 Å². The monoisotopic (exact) mass is 197 g/mol. The Morgan fingerprint density at radius 3 is 2.79 bits per heavy atom. The Bertz CT molecular complexity index is 250. The first kappa shape index (κ1) is 10.8. The lowest BCUT2D eigenvalue weighted by Crippen LogP contribution is -2.47. The van der Waals surface area contributed by atoms with Crippen LogP contribution in [-0.2, 0) is 9.59 Å². The second-order valence-electron chi connectivity index (χ2n) is 3.43. The minimum atomic E-state index is -0.901. The molecule has 0 unspecified atom stereocenters. The standard InChI is InChI=1S/C10H15NO3/c1-2-5-9(12)11-7-4-3-6-8(11)10(13)14/h2,8H,1,3-7H2,(H,13,14)/t8-/m0/s1. The smallest absolute Gasteiger partial charge is 0.326 e. The van der Waals surface area contributed by atoms with E-state index in [2.05, 4.69) is 6.58 Å². The van der Waals surface area contributed by atoms with E-state index in [-0.39, 0.29) is 12.3 Å². The van der Waals surface area contributed by atoms with Crippen molar-refractivity contribution in [2.75, 3.05) is 6.54 Å². The van der Waals surface area contributed by atoms with Crippen molar-refractivity contribution >= 4 is 11.9 Å². The lowest BCUT2D eigenvalue weighted by molar-refractivity contribution is -0.151. The van der Waals surface area contributed by atoms with E-state index >= 15 is 0 Å². The first-order valence-corrected chi connectivity index (χ1v) is 4.80. The first-order valence-electron chi connectivity index (χ1n) is 4.80. The zero-order chi connectivity index (χ0) is 10.6. The molecule has 0 spiro atoms. The highest BCUT2D eigenvalue weighted by molar-refractivity contribution is 5.84. The van der Waals surface area contributed by atoms with E-state index in [0.717, 1.165) is 12.8 Å². The molecule has 1 N–H and O–H groups in total. The number of carbonyl (C=O) groups excluding carboxylic acids is 1. The number of nitrogens with zero attached hydrogens (tertiary/aromatic N) is 1. The predicted octanol–water partition coefficient (Wildman–Crippen LogP) is 1.03. The van der Waals surface area contributed by atoms with Gasteiger partial charge in [0.1, 0.15) is 6.04 Å². The molecule has 1 rings (SSSR count). The quantitative estimate of drug-likeness (QED) is 0.687. The summed E-state index contributed by atoms with van der Waals surface area (Å²) in [5, 5.41) is 8.91. The van der Waals surface area contributed by atoms with Gasteiger partial charge >= 0.3 is 5.97 Å². The van der Waals surface area contributed by atoms with Gasteiger partial charge in [0.05, 0.1) is 0 Å². The summed E-state index contributed by atoms with van der Waals surface area (Å²) >= 11 is 0. The number of hydrogen-bond donors (Lipinski definition) is 1. The number of hydrogen-bond acceptors (Lipinski definition) is 2. The SMILES string of the molecule is C=CCC(=O)N1CCCC[C@H]1C(=O)O. The Morgan fingerprint density at radius 2 is 2.21 bits per heavy atom. The molecule has 1 aliphatic rings. The summed E-state index contributed by atoms with van der Waals surface area (Å²) < 4.78 is 0. The zero-order valence-corrected chi connectivity index (χ0v) is 8.11. The number of piperidine rings is 1. The number of rotatable bonds is 3. The average molecular weight is 197 g/mol. The van der Waals surface area contributed by atoms with Gasteiger partial charge in [0.25, 0.3) is 0 Å². The Kier molecular flexibility index (Phi) is 3.68. The molecule has 0 radical (unpaired) electrons. The van der Waals surface area contributed by atoms with Crippen LogP contribution >= 0.6 is 0 Å². The van der Waals surface area contributed by atoms with Crippen LogP contribution in [-0.4, -0.2) is 34.5 Å². The van der Waals surface area contributed by atoms with Gasteiger partial charge in [-0.25, -0.2) is 4.79 Å². The molecule has 1 heterocycles. The molecule has 0 aromatic rings. The highest BCUT2D eigenvalue weighted by Gasteiger charge is 2.30. The van der Waals surface area contributed by atoms with E-state index in [1.807, 2.05) is 0 Å². The van der Waals surface area contributed by atoms with Crippen LogP contribution in [0, 0.1) is 0 Å². The number of aliphatic carboxylic acids is 1. The second kappa shape index (κ2) is 4.79. The minimum absolute atomic E-state index is 0.132. The van der Waals surface area contributed by atoms with Crippen molar-refractivity contribution in [2.24, 2.45) is 0 Å². The summed E-state index contributed by atoms with van der Waals surface area (Å²) in [6, 6.07) is -0.629. The summed E-state index contributed by atoms with van der Waals surface area (Å²) in [7, 11) is 0. The van der Waals surface area contributed by atoms with Crippen LogP contribution < -0.4 is 0 Å². The molecule has 1 fully saturated rings. The molecule has 0 bridgehead atoms. The number of carboxylic acids is 1. The fraction of sp³-hybridized carbons (Fsp3) is 0.600. The van der Waals surface area contributed by atoms with Crippen LogP contribution in [0.3, 0.4) is 0 Å². The Balaban J connectivity index is 2.66. The molecule has 1 aliphatic heterocycles. The van der Waals surface area contributed by atoms with Crippen LogP contribution in [0.5, 0.6) is 0 Å². The maximum absolute atomic E-state index is 11.5. The van der Waals surface area contributed by atoms with Crippen molar-refractivity contribution < 1.29 is 14.7 Å². The zero-order valence-electron chi connectivity index (χ0n) is 8.11. The molecular weight excluding hydrogens is 182 g/mol. The summed E-state index contributed by atoms with van der Waals surface area (Å²) in [5.41, 5.74) is 0. The topological polar surface area (TPSA) is 57.6 Å². The highest BCUT2D eigenvalue weighted by Crippen LogP contribution is 2.18. The molecule has 0 aliphatic carbocycles. The fourth-order valence-corrected chi connectivity index (χ4v) is 1.73. The lowest BCUT2D eigenvalue weighted by atomic mass is 10.0.